The van der Waals surface area contributed by atoms with Gasteiger partial charge >= 0.3 is 0 Å². The maximum atomic E-state index is 11.1. The minimum atomic E-state index is -0.116. The highest BCUT2D eigenvalue weighted by Crippen LogP contribution is 2.28. The molecule has 0 saturated carbocycles. The summed E-state index contributed by atoms with van der Waals surface area (Å²) in [7, 11) is 0. The van der Waals surface area contributed by atoms with Gasteiger partial charge in [0.1, 0.15) is 0 Å². The van der Waals surface area contributed by atoms with E-state index in [-0.39, 0.29) is 5.56 Å². The lowest BCUT2D eigenvalue weighted by molar-refractivity contribution is 1.21. The quantitative estimate of drug-likeness (QED) is 0.827. The van der Waals surface area contributed by atoms with Crippen LogP contribution in [0.1, 0.15) is 5.56 Å². The lowest BCUT2D eigenvalue weighted by atomic mass is 10.0. The molecule has 0 amide bonds. The van der Waals surface area contributed by atoms with Crippen LogP contribution in [-0.4, -0.2) is 4.98 Å². The molecule has 0 radical (unpaired) electrons. The molecule has 4 heteroatoms. The van der Waals surface area contributed by atoms with Gasteiger partial charge in [0.2, 0.25) is 5.56 Å². The maximum Gasteiger partial charge on any atom is 0.248 e. The van der Waals surface area contributed by atoms with Gasteiger partial charge in [-0.15, -0.1) is 0 Å². The Kier molecular flexibility index (Phi) is 3.03. The van der Waals surface area contributed by atoms with Crippen LogP contribution < -0.4 is 5.56 Å². The van der Waals surface area contributed by atoms with E-state index in [1.54, 1.807) is 18.3 Å². The second kappa shape index (κ2) is 4.32. The van der Waals surface area contributed by atoms with Crippen molar-refractivity contribution in [2.24, 2.45) is 0 Å². The number of aryl methyl sites for hydroxylation is 1. The fourth-order valence-electron chi connectivity index (χ4n) is 1.59. The average molecular weight is 254 g/mol. The van der Waals surface area contributed by atoms with Gasteiger partial charge in [-0.2, -0.15) is 0 Å². The smallest absolute Gasteiger partial charge is 0.248 e. The number of rotatable bonds is 1. The van der Waals surface area contributed by atoms with E-state index in [1.165, 1.54) is 0 Å². The molecule has 0 bridgehead atoms. The van der Waals surface area contributed by atoms with Gasteiger partial charge < -0.3 is 4.98 Å². The molecule has 1 aromatic carbocycles. The summed E-state index contributed by atoms with van der Waals surface area (Å²) in [6, 6.07) is 6.85. The number of aromatic amines is 1. The van der Waals surface area contributed by atoms with E-state index in [2.05, 4.69) is 4.98 Å². The summed E-state index contributed by atoms with van der Waals surface area (Å²) < 4.78 is 0. The highest BCUT2D eigenvalue weighted by Gasteiger charge is 2.04. The van der Waals surface area contributed by atoms with Crippen molar-refractivity contribution < 1.29 is 0 Å². The lowest BCUT2D eigenvalue weighted by Crippen LogP contribution is -2.04. The topological polar surface area (TPSA) is 32.9 Å². The van der Waals surface area contributed by atoms with Gasteiger partial charge in [0.05, 0.1) is 0 Å². The first-order valence-electron chi connectivity index (χ1n) is 4.72. The normalized spacial score (nSPS) is 10.4. The highest BCUT2D eigenvalue weighted by molar-refractivity contribution is 6.35. The Hall–Kier alpha value is -1.25. The van der Waals surface area contributed by atoms with Crippen LogP contribution in [0.3, 0.4) is 0 Å². The highest BCUT2D eigenvalue weighted by atomic mass is 35.5. The summed E-state index contributed by atoms with van der Waals surface area (Å²) in [4.78, 5) is 13.7. The van der Waals surface area contributed by atoms with Crippen LogP contribution in [0.15, 0.2) is 35.3 Å². The van der Waals surface area contributed by atoms with Crippen LogP contribution in [0.4, 0.5) is 0 Å². The number of benzene rings is 1. The summed E-state index contributed by atoms with van der Waals surface area (Å²) in [6.07, 6.45) is 1.67. The third-order valence-electron chi connectivity index (χ3n) is 2.30. The largest absolute Gasteiger partial charge is 0.328 e. The fraction of sp³-hybridized carbons (Fsp3) is 0.0833. The predicted molar refractivity (Wildman–Crippen MR) is 67.3 cm³/mol. The SMILES string of the molecule is Cc1cc(=O)[nH]cc1-c1cc(Cl)cc(Cl)c1. The standard InChI is InChI=1S/C12H9Cl2NO/c1-7-2-12(16)15-6-11(7)8-3-9(13)5-10(14)4-8/h2-6H,1H3,(H,15,16). The van der Waals surface area contributed by atoms with Gasteiger partial charge in [0.25, 0.3) is 0 Å². The average Bonchev–Trinajstić information content (AvgIpc) is 2.15. The summed E-state index contributed by atoms with van der Waals surface area (Å²) in [5.74, 6) is 0. The van der Waals surface area contributed by atoms with Crippen LogP contribution in [0.2, 0.25) is 10.0 Å². The Morgan fingerprint density at radius 2 is 1.69 bits per heavy atom. The zero-order chi connectivity index (χ0) is 11.7. The molecule has 16 heavy (non-hydrogen) atoms. The van der Waals surface area contributed by atoms with Gasteiger partial charge in [-0.25, -0.2) is 0 Å². The van der Waals surface area contributed by atoms with E-state index in [1.807, 2.05) is 19.1 Å². The van der Waals surface area contributed by atoms with E-state index in [0.717, 1.165) is 16.7 Å². The minimum Gasteiger partial charge on any atom is -0.328 e. The van der Waals surface area contributed by atoms with E-state index >= 15 is 0 Å². The number of hydrogen-bond donors (Lipinski definition) is 1. The number of halogens is 2. The summed E-state index contributed by atoms with van der Waals surface area (Å²) in [6.45, 7) is 1.87. The number of nitrogens with one attached hydrogen (secondary N) is 1. The van der Waals surface area contributed by atoms with Crippen LogP contribution in [-0.2, 0) is 0 Å². The van der Waals surface area contributed by atoms with Crippen LogP contribution >= 0.6 is 23.2 Å². The van der Waals surface area contributed by atoms with Crippen molar-refractivity contribution in [3.05, 3.63) is 56.4 Å². The van der Waals surface area contributed by atoms with Crippen molar-refractivity contribution in [3.8, 4) is 11.1 Å². The van der Waals surface area contributed by atoms with Crippen molar-refractivity contribution in [3.63, 3.8) is 0 Å². The van der Waals surface area contributed by atoms with E-state index in [9.17, 15) is 4.79 Å². The van der Waals surface area contributed by atoms with Crippen LogP contribution in [0.25, 0.3) is 11.1 Å². The predicted octanol–water partition coefficient (Wildman–Crippen LogP) is 3.66. The minimum absolute atomic E-state index is 0.116. The number of H-pyrrole nitrogens is 1. The Labute approximate surface area is 103 Å². The van der Waals surface area contributed by atoms with Crippen molar-refractivity contribution >= 4 is 23.2 Å². The molecule has 82 valence electrons. The van der Waals surface area contributed by atoms with E-state index in [4.69, 9.17) is 23.2 Å². The molecule has 0 fully saturated rings. The zero-order valence-electron chi connectivity index (χ0n) is 8.55. The second-order valence-corrected chi connectivity index (χ2v) is 4.42. The molecule has 0 saturated heterocycles. The Morgan fingerprint density at radius 1 is 1.06 bits per heavy atom. The van der Waals surface area contributed by atoms with Gasteiger partial charge in [-0.1, -0.05) is 23.2 Å². The Balaban J connectivity index is 2.62. The molecule has 2 nitrogen and oxygen atoms in total. The van der Waals surface area contributed by atoms with Crippen molar-refractivity contribution in [2.75, 3.05) is 0 Å². The first-order valence-corrected chi connectivity index (χ1v) is 5.47. The van der Waals surface area contributed by atoms with E-state index < -0.39 is 0 Å². The third-order valence-corrected chi connectivity index (χ3v) is 2.74. The molecule has 1 N–H and O–H groups in total. The molecule has 1 aromatic heterocycles. The molecule has 0 aliphatic heterocycles. The third kappa shape index (κ3) is 2.29. The molecule has 2 rings (SSSR count). The molecule has 2 aromatic rings. The van der Waals surface area contributed by atoms with Crippen LogP contribution in [0.5, 0.6) is 0 Å². The van der Waals surface area contributed by atoms with Crippen LogP contribution in [0, 0.1) is 6.92 Å². The Morgan fingerprint density at radius 3 is 2.25 bits per heavy atom. The Bertz CT molecular complexity index is 570. The lowest BCUT2D eigenvalue weighted by Gasteiger charge is -2.06. The van der Waals surface area contributed by atoms with Gasteiger partial charge in [0, 0.05) is 27.9 Å². The van der Waals surface area contributed by atoms with Gasteiger partial charge in [0.15, 0.2) is 0 Å². The molecule has 0 atom stereocenters. The number of pyridine rings is 1. The zero-order valence-corrected chi connectivity index (χ0v) is 10.1. The molecular weight excluding hydrogens is 245 g/mol. The van der Waals surface area contributed by atoms with Crippen molar-refractivity contribution in [1.29, 1.82) is 0 Å². The molecular formula is C12H9Cl2NO. The molecule has 1 heterocycles. The van der Waals surface area contributed by atoms with Crippen molar-refractivity contribution in [2.45, 2.75) is 6.92 Å². The molecule has 0 spiro atoms. The first kappa shape index (κ1) is 11.2. The molecule has 0 aliphatic carbocycles. The molecule has 0 aliphatic rings. The number of hydrogen-bond acceptors (Lipinski definition) is 1. The number of aromatic nitrogens is 1. The molecule has 0 unspecified atom stereocenters. The monoisotopic (exact) mass is 253 g/mol. The summed E-state index contributed by atoms with van der Waals surface area (Å²) in [5, 5.41) is 1.15. The second-order valence-electron chi connectivity index (χ2n) is 3.55. The first-order chi connectivity index (χ1) is 7.56. The van der Waals surface area contributed by atoms with Gasteiger partial charge in [-0.05, 0) is 36.2 Å². The van der Waals surface area contributed by atoms with E-state index in [0.29, 0.717) is 10.0 Å². The van der Waals surface area contributed by atoms with Gasteiger partial charge in [-0.3, -0.25) is 4.79 Å². The fourth-order valence-corrected chi connectivity index (χ4v) is 2.12. The summed E-state index contributed by atoms with van der Waals surface area (Å²) in [5.41, 5.74) is 2.59. The van der Waals surface area contributed by atoms with Crippen molar-refractivity contribution in [1.82, 2.24) is 4.98 Å². The summed E-state index contributed by atoms with van der Waals surface area (Å²) >= 11 is 11.9. The maximum absolute atomic E-state index is 11.1.